The van der Waals surface area contributed by atoms with Gasteiger partial charge in [-0.05, 0) is 25.2 Å². The number of guanidine groups is 1. The maximum atomic E-state index is 11.7. The SMILES string of the molecule is CCCN=C(N)NCCNC(=O)CC1CCCCC1.I. The Morgan fingerprint density at radius 3 is 2.50 bits per heavy atom. The zero-order chi connectivity index (χ0) is 13.9. The summed E-state index contributed by atoms with van der Waals surface area (Å²) < 4.78 is 0. The molecule has 0 aromatic carbocycles. The summed E-state index contributed by atoms with van der Waals surface area (Å²) in [4.78, 5) is 15.9. The first kappa shape index (κ1) is 19.5. The van der Waals surface area contributed by atoms with Crippen molar-refractivity contribution in [3.8, 4) is 0 Å². The minimum Gasteiger partial charge on any atom is -0.370 e. The van der Waals surface area contributed by atoms with Gasteiger partial charge in [0.15, 0.2) is 5.96 Å². The van der Waals surface area contributed by atoms with Gasteiger partial charge in [0.25, 0.3) is 0 Å². The average molecular weight is 396 g/mol. The summed E-state index contributed by atoms with van der Waals surface area (Å²) in [6.45, 7) is 4.04. The predicted molar refractivity (Wildman–Crippen MR) is 94.4 cm³/mol. The molecule has 0 unspecified atom stereocenters. The molecule has 20 heavy (non-hydrogen) atoms. The summed E-state index contributed by atoms with van der Waals surface area (Å²) in [6.07, 6.45) is 7.98. The highest BCUT2D eigenvalue weighted by Crippen LogP contribution is 2.25. The lowest BCUT2D eigenvalue weighted by Gasteiger charge is -2.20. The predicted octanol–water partition coefficient (Wildman–Crippen LogP) is 2.01. The molecule has 0 saturated heterocycles. The molecule has 0 spiro atoms. The highest BCUT2D eigenvalue weighted by Gasteiger charge is 2.16. The summed E-state index contributed by atoms with van der Waals surface area (Å²) in [5.41, 5.74) is 5.65. The summed E-state index contributed by atoms with van der Waals surface area (Å²) in [5.74, 6) is 1.22. The van der Waals surface area contributed by atoms with Crippen LogP contribution in [0, 0.1) is 5.92 Å². The molecule has 1 rings (SSSR count). The van der Waals surface area contributed by atoms with E-state index in [1.54, 1.807) is 0 Å². The lowest BCUT2D eigenvalue weighted by Crippen LogP contribution is -2.38. The van der Waals surface area contributed by atoms with Crippen LogP contribution in [0.15, 0.2) is 4.99 Å². The van der Waals surface area contributed by atoms with Gasteiger partial charge in [-0.1, -0.05) is 26.2 Å². The molecule has 6 heteroatoms. The zero-order valence-corrected chi connectivity index (χ0v) is 14.8. The van der Waals surface area contributed by atoms with Crippen LogP contribution in [0.25, 0.3) is 0 Å². The molecule has 0 atom stereocenters. The maximum Gasteiger partial charge on any atom is 0.220 e. The van der Waals surface area contributed by atoms with Gasteiger partial charge in [-0.25, -0.2) is 0 Å². The Morgan fingerprint density at radius 2 is 1.85 bits per heavy atom. The second-order valence-corrected chi connectivity index (χ2v) is 5.25. The number of carbonyl (C=O) groups is 1. The Hall–Kier alpha value is -0.530. The highest BCUT2D eigenvalue weighted by atomic mass is 127. The average Bonchev–Trinajstić information content (AvgIpc) is 2.42. The third-order valence-electron chi connectivity index (χ3n) is 3.46. The third-order valence-corrected chi connectivity index (χ3v) is 3.46. The van der Waals surface area contributed by atoms with Gasteiger partial charge in [-0.3, -0.25) is 9.79 Å². The number of hydrogen-bond donors (Lipinski definition) is 3. The second kappa shape index (κ2) is 12.2. The Balaban J connectivity index is 0.00000361. The molecule has 0 radical (unpaired) electrons. The lowest BCUT2D eigenvalue weighted by atomic mass is 9.87. The van der Waals surface area contributed by atoms with Crippen molar-refractivity contribution in [1.82, 2.24) is 10.6 Å². The molecule has 1 aliphatic rings. The quantitative estimate of drug-likeness (QED) is 0.267. The Labute approximate surface area is 139 Å². The van der Waals surface area contributed by atoms with Crippen molar-refractivity contribution in [2.24, 2.45) is 16.6 Å². The molecular formula is C14H29IN4O. The first-order chi connectivity index (χ1) is 9.22. The Kier molecular flexibility index (Phi) is 11.9. The van der Waals surface area contributed by atoms with E-state index in [1.807, 2.05) is 0 Å². The number of aliphatic imine (C=N–C) groups is 1. The molecule has 1 saturated carbocycles. The van der Waals surface area contributed by atoms with Gasteiger partial charge in [0.05, 0.1) is 0 Å². The number of carbonyl (C=O) groups excluding carboxylic acids is 1. The summed E-state index contributed by atoms with van der Waals surface area (Å²) >= 11 is 0. The molecule has 0 heterocycles. The fraction of sp³-hybridized carbons (Fsp3) is 0.857. The van der Waals surface area contributed by atoms with Gasteiger partial charge >= 0.3 is 0 Å². The highest BCUT2D eigenvalue weighted by molar-refractivity contribution is 14.0. The van der Waals surface area contributed by atoms with Crippen molar-refractivity contribution in [1.29, 1.82) is 0 Å². The van der Waals surface area contributed by atoms with E-state index in [0.29, 0.717) is 31.4 Å². The first-order valence-corrected chi connectivity index (χ1v) is 7.53. The van der Waals surface area contributed by atoms with Crippen molar-refractivity contribution in [2.45, 2.75) is 51.9 Å². The Morgan fingerprint density at radius 1 is 1.20 bits per heavy atom. The van der Waals surface area contributed by atoms with Crippen LogP contribution >= 0.6 is 24.0 Å². The van der Waals surface area contributed by atoms with Crippen LogP contribution < -0.4 is 16.4 Å². The fourth-order valence-electron chi connectivity index (χ4n) is 2.41. The number of hydrogen-bond acceptors (Lipinski definition) is 2. The molecule has 1 aliphatic carbocycles. The third kappa shape index (κ3) is 9.39. The van der Waals surface area contributed by atoms with E-state index in [1.165, 1.54) is 32.1 Å². The first-order valence-electron chi connectivity index (χ1n) is 7.53. The van der Waals surface area contributed by atoms with Crippen LogP contribution in [0.1, 0.15) is 51.9 Å². The maximum absolute atomic E-state index is 11.7. The molecule has 118 valence electrons. The largest absolute Gasteiger partial charge is 0.370 e. The van der Waals surface area contributed by atoms with E-state index in [4.69, 9.17) is 5.73 Å². The van der Waals surface area contributed by atoms with Crippen molar-refractivity contribution in [3.05, 3.63) is 0 Å². The van der Waals surface area contributed by atoms with E-state index in [9.17, 15) is 4.79 Å². The summed E-state index contributed by atoms with van der Waals surface area (Å²) in [6, 6.07) is 0. The molecule has 1 fully saturated rings. The van der Waals surface area contributed by atoms with Gasteiger partial charge in [0.1, 0.15) is 0 Å². The van der Waals surface area contributed by atoms with Crippen LogP contribution in [0.4, 0.5) is 0 Å². The normalized spacial score (nSPS) is 16.4. The van der Waals surface area contributed by atoms with Gasteiger partial charge < -0.3 is 16.4 Å². The van der Waals surface area contributed by atoms with E-state index < -0.39 is 0 Å². The number of nitrogens with two attached hydrogens (primary N) is 1. The van der Waals surface area contributed by atoms with Crippen LogP contribution in [-0.4, -0.2) is 31.5 Å². The molecule has 4 N–H and O–H groups in total. The summed E-state index contributed by atoms with van der Waals surface area (Å²) in [7, 11) is 0. The zero-order valence-electron chi connectivity index (χ0n) is 12.5. The number of nitrogens with zero attached hydrogens (tertiary/aromatic N) is 1. The standard InChI is InChI=1S/C14H28N4O.HI/c1-2-8-17-14(15)18-10-9-16-13(19)11-12-6-4-3-5-7-12;/h12H,2-11H2,1H3,(H,16,19)(H3,15,17,18);1H. The van der Waals surface area contributed by atoms with Crippen LogP contribution in [0.5, 0.6) is 0 Å². The number of rotatable bonds is 7. The van der Waals surface area contributed by atoms with Crippen LogP contribution in [0.2, 0.25) is 0 Å². The molecule has 1 amide bonds. The van der Waals surface area contributed by atoms with E-state index in [2.05, 4.69) is 22.5 Å². The molecule has 0 aromatic heterocycles. The lowest BCUT2D eigenvalue weighted by molar-refractivity contribution is -0.122. The van der Waals surface area contributed by atoms with Crippen molar-refractivity contribution < 1.29 is 4.79 Å². The topological polar surface area (TPSA) is 79.5 Å². The molecular weight excluding hydrogens is 367 g/mol. The summed E-state index contributed by atoms with van der Waals surface area (Å²) in [5, 5.41) is 5.92. The minimum absolute atomic E-state index is 0. The molecule has 0 aliphatic heterocycles. The van der Waals surface area contributed by atoms with E-state index in [0.717, 1.165) is 13.0 Å². The molecule has 0 bridgehead atoms. The van der Waals surface area contributed by atoms with Crippen molar-refractivity contribution in [2.75, 3.05) is 19.6 Å². The van der Waals surface area contributed by atoms with Crippen molar-refractivity contribution in [3.63, 3.8) is 0 Å². The monoisotopic (exact) mass is 396 g/mol. The number of halogens is 1. The number of amides is 1. The molecule has 5 nitrogen and oxygen atoms in total. The minimum atomic E-state index is 0. The smallest absolute Gasteiger partial charge is 0.220 e. The van der Waals surface area contributed by atoms with Gasteiger partial charge in [-0.2, -0.15) is 0 Å². The fourth-order valence-corrected chi connectivity index (χ4v) is 2.41. The number of nitrogens with one attached hydrogen (secondary N) is 2. The van der Waals surface area contributed by atoms with Crippen LogP contribution in [0.3, 0.4) is 0 Å². The van der Waals surface area contributed by atoms with Gasteiger partial charge in [-0.15, -0.1) is 24.0 Å². The second-order valence-electron chi connectivity index (χ2n) is 5.25. The van der Waals surface area contributed by atoms with Gasteiger partial charge in [0, 0.05) is 26.1 Å². The molecule has 0 aromatic rings. The van der Waals surface area contributed by atoms with E-state index in [-0.39, 0.29) is 29.9 Å². The van der Waals surface area contributed by atoms with Crippen molar-refractivity contribution >= 4 is 35.8 Å². The van der Waals surface area contributed by atoms with E-state index >= 15 is 0 Å². The van der Waals surface area contributed by atoms with Gasteiger partial charge in [0.2, 0.25) is 5.91 Å². The Bertz CT molecular complexity index is 291. The van der Waals surface area contributed by atoms with Crippen LogP contribution in [-0.2, 0) is 4.79 Å².